The van der Waals surface area contributed by atoms with Gasteiger partial charge in [-0.25, -0.2) is 0 Å². The van der Waals surface area contributed by atoms with E-state index in [9.17, 15) is 4.79 Å². The second-order valence-electron chi connectivity index (χ2n) is 14.2. The third kappa shape index (κ3) is 5.67. The summed E-state index contributed by atoms with van der Waals surface area (Å²) in [7, 11) is 0. The third-order valence-corrected chi connectivity index (χ3v) is 12.4. The zero-order valence-corrected chi connectivity index (χ0v) is 25.9. The zero-order valence-electron chi connectivity index (χ0n) is 24.3. The molecule has 4 aliphatic rings. The monoisotopic (exact) mass is 562 g/mol. The van der Waals surface area contributed by atoms with Gasteiger partial charge >= 0.3 is 5.97 Å². The Morgan fingerprint density at radius 2 is 1.81 bits per heavy atom. The van der Waals surface area contributed by atoms with Gasteiger partial charge in [0, 0.05) is 6.42 Å². The van der Waals surface area contributed by atoms with Crippen LogP contribution in [0.1, 0.15) is 131 Å². The highest BCUT2D eigenvalue weighted by atomic mass is 79.9. The fraction of sp³-hybridized carbons (Fsp3) is 0.909. The van der Waals surface area contributed by atoms with Crippen molar-refractivity contribution < 1.29 is 9.53 Å². The van der Waals surface area contributed by atoms with Gasteiger partial charge in [-0.3, -0.25) is 4.79 Å². The molecule has 3 heteroatoms. The number of ether oxygens (including phenoxy) is 1. The lowest BCUT2D eigenvalue weighted by atomic mass is 9.47. The summed E-state index contributed by atoms with van der Waals surface area (Å²) in [6.45, 7) is 14.8. The quantitative estimate of drug-likeness (QED) is 0.150. The molecule has 0 aromatic carbocycles. The Labute approximate surface area is 231 Å². The van der Waals surface area contributed by atoms with Gasteiger partial charge in [-0.15, -0.1) is 0 Å². The second-order valence-corrected chi connectivity index (χ2v) is 15.3. The maximum atomic E-state index is 12.6. The molecule has 0 radical (unpaired) electrons. The summed E-state index contributed by atoms with van der Waals surface area (Å²) >= 11 is 3.57. The van der Waals surface area contributed by atoms with E-state index in [4.69, 9.17) is 4.74 Å². The first-order valence-electron chi connectivity index (χ1n) is 15.6. The summed E-state index contributed by atoms with van der Waals surface area (Å²) < 4.78 is 6.03. The first kappa shape index (κ1) is 28.7. The standard InChI is InChI=1S/C33H55BrO2/c1-7-8-12-30(34)31(35)36-25-17-19-32(5)24(21-25)13-14-26-28-16-15-27(23(4)11-9-10-22(2)3)33(28,6)20-18-29(26)32/h13,22-23,25-30H,7-12,14-21H2,1-6H3. The molecule has 2 nitrogen and oxygen atoms in total. The maximum absolute atomic E-state index is 12.6. The van der Waals surface area contributed by atoms with Crippen molar-refractivity contribution in [2.24, 2.45) is 46.3 Å². The molecule has 206 valence electrons. The van der Waals surface area contributed by atoms with E-state index in [0.29, 0.717) is 10.8 Å². The summed E-state index contributed by atoms with van der Waals surface area (Å²) in [5, 5.41) is 0. The van der Waals surface area contributed by atoms with Crippen LogP contribution in [0.3, 0.4) is 0 Å². The maximum Gasteiger partial charge on any atom is 0.320 e. The number of alkyl halides is 1. The Balaban J connectivity index is 1.40. The van der Waals surface area contributed by atoms with E-state index >= 15 is 0 Å². The number of fused-ring (bicyclic) bond motifs is 5. The van der Waals surface area contributed by atoms with Crippen molar-refractivity contribution in [3.63, 3.8) is 0 Å². The summed E-state index contributed by atoms with van der Waals surface area (Å²) in [6.07, 6.45) is 20.2. The van der Waals surface area contributed by atoms with Gasteiger partial charge in [-0.1, -0.05) is 101 Å². The average molecular weight is 564 g/mol. The number of allylic oxidation sites excluding steroid dienone is 1. The highest BCUT2D eigenvalue weighted by molar-refractivity contribution is 9.10. The lowest BCUT2D eigenvalue weighted by molar-refractivity contribution is -0.150. The number of carbonyl (C=O) groups excluding carboxylic acids is 1. The number of halogens is 1. The van der Waals surface area contributed by atoms with E-state index < -0.39 is 0 Å². The number of unbranched alkanes of at least 4 members (excludes halogenated alkanes) is 1. The van der Waals surface area contributed by atoms with Gasteiger partial charge < -0.3 is 4.74 Å². The molecule has 9 unspecified atom stereocenters. The SMILES string of the molecule is CCCCC(Br)C(=O)OC1CCC2(C)C(=CCC3C2CCC2(C)C(C(C)CCCC(C)C)CCC32)C1. The van der Waals surface area contributed by atoms with Gasteiger partial charge in [0.15, 0.2) is 0 Å². The van der Waals surface area contributed by atoms with Crippen molar-refractivity contribution in [1.82, 2.24) is 0 Å². The van der Waals surface area contributed by atoms with E-state index in [0.717, 1.165) is 67.6 Å². The van der Waals surface area contributed by atoms with Gasteiger partial charge in [0.2, 0.25) is 0 Å². The molecule has 0 saturated heterocycles. The molecule has 0 heterocycles. The number of esters is 1. The highest BCUT2D eigenvalue weighted by Crippen LogP contribution is 2.67. The van der Waals surface area contributed by atoms with Crippen LogP contribution in [0.15, 0.2) is 11.6 Å². The van der Waals surface area contributed by atoms with Gasteiger partial charge in [0.05, 0.1) is 0 Å². The lowest BCUT2D eigenvalue weighted by Crippen LogP contribution is -2.51. The Morgan fingerprint density at radius 1 is 1.03 bits per heavy atom. The predicted molar refractivity (Wildman–Crippen MR) is 155 cm³/mol. The van der Waals surface area contributed by atoms with Gasteiger partial charge in [0.1, 0.15) is 10.9 Å². The Morgan fingerprint density at radius 3 is 2.53 bits per heavy atom. The minimum absolute atomic E-state index is 0.0423. The van der Waals surface area contributed by atoms with Crippen LogP contribution in [0.2, 0.25) is 0 Å². The fourth-order valence-corrected chi connectivity index (χ4v) is 9.92. The van der Waals surface area contributed by atoms with E-state index in [-0.39, 0.29) is 16.9 Å². The van der Waals surface area contributed by atoms with Crippen LogP contribution in [0, 0.1) is 46.3 Å². The molecule has 0 amide bonds. The molecule has 0 N–H and O–H groups in total. The molecule has 0 aromatic heterocycles. The Bertz CT molecular complexity index is 789. The third-order valence-electron chi connectivity index (χ3n) is 11.6. The number of hydrogen-bond acceptors (Lipinski definition) is 2. The number of hydrogen-bond donors (Lipinski definition) is 0. The summed E-state index contributed by atoms with van der Waals surface area (Å²) in [6, 6.07) is 0. The first-order valence-corrected chi connectivity index (χ1v) is 16.6. The summed E-state index contributed by atoms with van der Waals surface area (Å²) in [5.41, 5.74) is 2.49. The number of rotatable bonds is 10. The predicted octanol–water partition coefficient (Wildman–Crippen LogP) is 9.89. The van der Waals surface area contributed by atoms with Gasteiger partial charge in [-0.05, 0) is 97.7 Å². The van der Waals surface area contributed by atoms with Gasteiger partial charge in [-0.2, -0.15) is 0 Å². The van der Waals surface area contributed by atoms with Crippen molar-refractivity contribution in [2.45, 2.75) is 142 Å². The normalized spacial score (nSPS) is 39.6. The minimum Gasteiger partial charge on any atom is -0.461 e. The second kappa shape index (κ2) is 11.8. The first-order chi connectivity index (χ1) is 17.1. The van der Waals surface area contributed by atoms with Crippen molar-refractivity contribution in [2.75, 3.05) is 0 Å². The van der Waals surface area contributed by atoms with Crippen LogP contribution in [0.4, 0.5) is 0 Å². The molecule has 3 saturated carbocycles. The lowest BCUT2D eigenvalue weighted by Gasteiger charge is -2.58. The van der Waals surface area contributed by atoms with E-state index in [2.05, 4.69) is 63.5 Å². The molecule has 9 atom stereocenters. The average Bonchev–Trinajstić information content (AvgIpc) is 3.19. The fourth-order valence-electron chi connectivity index (χ4n) is 9.49. The zero-order chi connectivity index (χ0) is 26.1. The van der Waals surface area contributed by atoms with Crippen LogP contribution in [-0.4, -0.2) is 16.9 Å². The Kier molecular flexibility index (Phi) is 9.43. The van der Waals surface area contributed by atoms with Crippen LogP contribution in [-0.2, 0) is 9.53 Å². The molecule has 4 rings (SSSR count). The topological polar surface area (TPSA) is 26.3 Å². The molecular formula is C33H55BrO2. The largest absolute Gasteiger partial charge is 0.461 e. The summed E-state index contributed by atoms with van der Waals surface area (Å²) in [5.74, 6) is 5.20. The molecule has 3 fully saturated rings. The van der Waals surface area contributed by atoms with Gasteiger partial charge in [0.25, 0.3) is 0 Å². The van der Waals surface area contributed by atoms with Crippen LogP contribution >= 0.6 is 15.9 Å². The molecule has 0 spiro atoms. The molecular weight excluding hydrogens is 508 g/mol. The van der Waals surface area contributed by atoms with Crippen molar-refractivity contribution in [3.8, 4) is 0 Å². The molecule has 0 aromatic rings. The Hall–Kier alpha value is -0.310. The minimum atomic E-state index is -0.144. The molecule has 36 heavy (non-hydrogen) atoms. The van der Waals surface area contributed by atoms with E-state index in [1.807, 2.05) is 0 Å². The van der Waals surface area contributed by atoms with Crippen LogP contribution in [0.5, 0.6) is 0 Å². The smallest absolute Gasteiger partial charge is 0.320 e. The van der Waals surface area contributed by atoms with E-state index in [1.54, 1.807) is 5.57 Å². The van der Waals surface area contributed by atoms with E-state index in [1.165, 1.54) is 57.8 Å². The van der Waals surface area contributed by atoms with Crippen LogP contribution < -0.4 is 0 Å². The van der Waals surface area contributed by atoms with Crippen molar-refractivity contribution in [3.05, 3.63) is 11.6 Å². The number of carbonyl (C=O) groups is 1. The molecule has 0 aliphatic heterocycles. The van der Waals surface area contributed by atoms with Crippen LogP contribution in [0.25, 0.3) is 0 Å². The van der Waals surface area contributed by atoms with Crippen molar-refractivity contribution in [1.29, 1.82) is 0 Å². The highest BCUT2D eigenvalue weighted by Gasteiger charge is 2.59. The van der Waals surface area contributed by atoms with Crippen molar-refractivity contribution >= 4 is 21.9 Å². The summed E-state index contributed by atoms with van der Waals surface area (Å²) in [4.78, 5) is 12.5. The molecule has 0 bridgehead atoms. The molecule has 4 aliphatic carbocycles.